The number of nitrogens with two attached hydrogens (primary N) is 1. The van der Waals surface area contributed by atoms with E-state index in [1.165, 1.54) is 11.1 Å². The summed E-state index contributed by atoms with van der Waals surface area (Å²) in [6.45, 7) is 5.00. The van der Waals surface area contributed by atoms with Gasteiger partial charge in [-0.15, -0.1) is 0 Å². The fourth-order valence-electron chi connectivity index (χ4n) is 2.36. The van der Waals surface area contributed by atoms with Crippen molar-refractivity contribution in [2.24, 2.45) is 11.8 Å². The van der Waals surface area contributed by atoms with Gasteiger partial charge in [0.2, 0.25) is 0 Å². The van der Waals surface area contributed by atoms with Crippen LogP contribution in [0.5, 0.6) is 0 Å². The monoisotopic (exact) mass is 220 g/mol. The van der Waals surface area contributed by atoms with Crippen LogP contribution in [0.15, 0.2) is 24.3 Å². The third kappa shape index (κ3) is 2.43. The van der Waals surface area contributed by atoms with Crippen LogP contribution in [0.1, 0.15) is 30.5 Å². The van der Waals surface area contributed by atoms with Gasteiger partial charge >= 0.3 is 0 Å². The molecule has 3 nitrogen and oxygen atoms in total. The van der Waals surface area contributed by atoms with Crippen LogP contribution in [-0.2, 0) is 4.74 Å². The van der Waals surface area contributed by atoms with Crippen LogP contribution in [-0.4, -0.2) is 12.7 Å². The highest BCUT2D eigenvalue weighted by Gasteiger charge is 2.29. The van der Waals surface area contributed by atoms with Crippen LogP contribution >= 0.6 is 0 Å². The Balaban J connectivity index is 2.13. The minimum atomic E-state index is 0.200. The predicted octanol–water partition coefficient (Wildman–Crippen LogP) is 1.92. The van der Waals surface area contributed by atoms with Gasteiger partial charge in [0.05, 0.1) is 18.8 Å². The Morgan fingerprint density at radius 2 is 2.06 bits per heavy atom. The molecule has 16 heavy (non-hydrogen) atoms. The minimum absolute atomic E-state index is 0.200. The second-order valence-corrected chi connectivity index (χ2v) is 4.69. The number of benzene rings is 1. The van der Waals surface area contributed by atoms with Crippen LogP contribution < -0.4 is 11.3 Å². The molecule has 1 aliphatic rings. The first-order valence-electron chi connectivity index (χ1n) is 5.85. The Morgan fingerprint density at radius 3 is 2.56 bits per heavy atom. The molecule has 1 saturated heterocycles. The van der Waals surface area contributed by atoms with Gasteiger partial charge in [-0.25, -0.2) is 0 Å². The molecule has 1 aliphatic heterocycles. The van der Waals surface area contributed by atoms with Crippen LogP contribution in [0, 0.1) is 12.8 Å². The maximum Gasteiger partial charge on any atom is 0.0551 e. The van der Waals surface area contributed by atoms with Crippen LogP contribution in [0.4, 0.5) is 0 Å². The van der Waals surface area contributed by atoms with E-state index in [0.29, 0.717) is 12.0 Å². The zero-order chi connectivity index (χ0) is 11.5. The van der Waals surface area contributed by atoms with Gasteiger partial charge in [-0.3, -0.25) is 11.3 Å². The van der Waals surface area contributed by atoms with Crippen molar-refractivity contribution in [3.05, 3.63) is 35.4 Å². The summed E-state index contributed by atoms with van der Waals surface area (Å²) in [4.78, 5) is 0. The summed E-state index contributed by atoms with van der Waals surface area (Å²) >= 11 is 0. The molecular formula is C13H20N2O. The van der Waals surface area contributed by atoms with Gasteiger partial charge < -0.3 is 4.74 Å². The van der Waals surface area contributed by atoms with E-state index in [2.05, 4.69) is 43.5 Å². The average Bonchev–Trinajstić information content (AvgIpc) is 2.69. The quantitative estimate of drug-likeness (QED) is 0.604. The summed E-state index contributed by atoms with van der Waals surface area (Å²) in [6.07, 6.45) is 1.43. The molecule has 0 aromatic heterocycles. The van der Waals surface area contributed by atoms with Gasteiger partial charge in [0.1, 0.15) is 0 Å². The number of hydrogen-bond acceptors (Lipinski definition) is 3. The minimum Gasteiger partial charge on any atom is -0.378 e. The maximum atomic E-state index is 5.66. The van der Waals surface area contributed by atoms with E-state index >= 15 is 0 Å². The lowest BCUT2D eigenvalue weighted by atomic mass is 9.91. The second-order valence-electron chi connectivity index (χ2n) is 4.69. The first-order chi connectivity index (χ1) is 7.70. The molecule has 0 spiro atoms. The highest BCUT2D eigenvalue weighted by atomic mass is 16.5. The normalized spacial score (nSPS) is 26.9. The number of hydrogen-bond donors (Lipinski definition) is 2. The van der Waals surface area contributed by atoms with E-state index in [4.69, 9.17) is 10.6 Å². The molecule has 1 aromatic rings. The van der Waals surface area contributed by atoms with E-state index < -0.39 is 0 Å². The van der Waals surface area contributed by atoms with Crippen molar-refractivity contribution in [3.63, 3.8) is 0 Å². The molecule has 88 valence electrons. The van der Waals surface area contributed by atoms with Crippen molar-refractivity contribution in [2.75, 3.05) is 6.61 Å². The van der Waals surface area contributed by atoms with Gasteiger partial charge in [-0.2, -0.15) is 0 Å². The van der Waals surface area contributed by atoms with E-state index in [1.807, 2.05) is 0 Å². The molecule has 3 unspecified atom stereocenters. The van der Waals surface area contributed by atoms with Gasteiger partial charge in [0.15, 0.2) is 0 Å². The topological polar surface area (TPSA) is 47.3 Å². The first-order valence-corrected chi connectivity index (χ1v) is 5.85. The predicted molar refractivity (Wildman–Crippen MR) is 64.8 cm³/mol. The third-order valence-corrected chi connectivity index (χ3v) is 3.32. The van der Waals surface area contributed by atoms with Crippen molar-refractivity contribution in [1.29, 1.82) is 0 Å². The van der Waals surface area contributed by atoms with Crippen LogP contribution in [0.25, 0.3) is 0 Å². The SMILES string of the molecule is Cc1ccc(C(NN)C2COC(C)C2)cc1. The van der Waals surface area contributed by atoms with Crippen molar-refractivity contribution in [2.45, 2.75) is 32.4 Å². The van der Waals surface area contributed by atoms with Crippen molar-refractivity contribution in [3.8, 4) is 0 Å². The van der Waals surface area contributed by atoms with Gasteiger partial charge in [-0.05, 0) is 25.8 Å². The van der Waals surface area contributed by atoms with E-state index in [-0.39, 0.29) is 6.04 Å². The molecule has 1 heterocycles. The molecule has 0 aliphatic carbocycles. The fourth-order valence-corrected chi connectivity index (χ4v) is 2.36. The fraction of sp³-hybridized carbons (Fsp3) is 0.538. The molecule has 3 atom stereocenters. The Morgan fingerprint density at radius 1 is 1.38 bits per heavy atom. The largest absolute Gasteiger partial charge is 0.378 e. The van der Waals surface area contributed by atoms with E-state index in [0.717, 1.165) is 13.0 Å². The second kappa shape index (κ2) is 4.95. The Hall–Kier alpha value is -0.900. The number of nitrogens with one attached hydrogen (secondary N) is 1. The maximum absolute atomic E-state index is 5.66. The lowest BCUT2D eigenvalue weighted by Crippen LogP contribution is -2.33. The molecule has 1 aromatic carbocycles. The van der Waals surface area contributed by atoms with E-state index in [1.54, 1.807) is 0 Å². The average molecular weight is 220 g/mol. The molecule has 3 heteroatoms. The van der Waals surface area contributed by atoms with Crippen molar-refractivity contribution < 1.29 is 4.74 Å². The lowest BCUT2D eigenvalue weighted by molar-refractivity contribution is 0.117. The number of aryl methyl sites for hydroxylation is 1. The van der Waals surface area contributed by atoms with Crippen molar-refractivity contribution >= 4 is 0 Å². The molecule has 0 radical (unpaired) electrons. The molecule has 2 rings (SSSR count). The lowest BCUT2D eigenvalue weighted by Gasteiger charge is -2.22. The molecule has 3 N–H and O–H groups in total. The number of rotatable bonds is 3. The Labute approximate surface area is 97.0 Å². The highest BCUT2D eigenvalue weighted by molar-refractivity contribution is 5.24. The van der Waals surface area contributed by atoms with Gasteiger partial charge in [0.25, 0.3) is 0 Å². The summed E-state index contributed by atoms with van der Waals surface area (Å²) in [6, 6.07) is 8.73. The third-order valence-electron chi connectivity index (χ3n) is 3.32. The Bertz CT molecular complexity index is 336. The Kier molecular flexibility index (Phi) is 3.59. The molecule has 1 fully saturated rings. The zero-order valence-electron chi connectivity index (χ0n) is 9.94. The highest BCUT2D eigenvalue weighted by Crippen LogP contribution is 2.31. The standard InChI is InChI=1S/C13H20N2O/c1-9-3-5-11(6-4-9)13(15-14)12-7-10(2)16-8-12/h3-6,10,12-13,15H,7-8,14H2,1-2H3. The summed E-state index contributed by atoms with van der Waals surface area (Å²) in [7, 11) is 0. The number of ether oxygens (including phenoxy) is 1. The molecule has 0 saturated carbocycles. The smallest absolute Gasteiger partial charge is 0.0551 e. The summed E-state index contributed by atoms with van der Waals surface area (Å²) in [5.74, 6) is 6.14. The molecular weight excluding hydrogens is 200 g/mol. The van der Waals surface area contributed by atoms with Crippen LogP contribution in [0.3, 0.4) is 0 Å². The molecule has 0 amide bonds. The summed E-state index contributed by atoms with van der Waals surface area (Å²) in [5, 5.41) is 0. The van der Waals surface area contributed by atoms with Crippen LogP contribution in [0.2, 0.25) is 0 Å². The summed E-state index contributed by atoms with van der Waals surface area (Å²) in [5.41, 5.74) is 5.44. The molecule has 0 bridgehead atoms. The van der Waals surface area contributed by atoms with Gasteiger partial charge in [0, 0.05) is 5.92 Å². The zero-order valence-corrected chi connectivity index (χ0v) is 9.94. The first kappa shape index (κ1) is 11.6. The van der Waals surface area contributed by atoms with Gasteiger partial charge in [-0.1, -0.05) is 29.8 Å². The van der Waals surface area contributed by atoms with E-state index in [9.17, 15) is 0 Å². The van der Waals surface area contributed by atoms with Crippen molar-refractivity contribution in [1.82, 2.24) is 5.43 Å². The summed E-state index contributed by atoms with van der Waals surface area (Å²) < 4.78 is 5.60. The number of hydrazine groups is 1.